The molecule has 0 spiro atoms. The Bertz CT molecular complexity index is 996. The zero-order valence-corrected chi connectivity index (χ0v) is 15.0. The Kier molecular flexibility index (Phi) is 3.62. The molecule has 6 heteroatoms. The Morgan fingerprint density at radius 1 is 1.12 bits per heavy atom. The van der Waals surface area contributed by atoms with Crippen molar-refractivity contribution in [2.45, 2.75) is 18.9 Å². The standard InChI is InChI=1S/C20H17N3O2S/c24-18-13-6-1-3-8-15(13)23(20(18)25)12-22-11-5-9-16(22)19-21-14-7-2-4-10-17(14)26-19/h1-4,6-8,10,16H,5,9,11-12H2/p+1/t16-/m0/s1. The molecule has 0 bridgehead atoms. The van der Waals surface area contributed by atoms with Crippen molar-refractivity contribution in [1.29, 1.82) is 0 Å². The molecule has 2 aliphatic heterocycles. The average molecular weight is 364 g/mol. The van der Waals surface area contributed by atoms with Crippen molar-refractivity contribution >= 4 is 38.9 Å². The molecule has 1 N–H and O–H groups in total. The van der Waals surface area contributed by atoms with Crippen LogP contribution in [0, 0.1) is 0 Å². The summed E-state index contributed by atoms with van der Waals surface area (Å²) in [7, 11) is 0. The van der Waals surface area contributed by atoms with Gasteiger partial charge in [0.25, 0.3) is 5.78 Å². The molecule has 0 saturated carbocycles. The monoisotopic (exact) mass is 364 g/mol. The van der Waals surface area contributed by atoms with Gasteiger partial charge in [-0.15, -0.1) is 11.3 Å². The summed E-state index contributed by atoms with van der Waals surface area (Å²) in [6.07, 6.45) is 2.17. The van der Waals surface area contributed by atoms with Gasteiger partial charge in [-0.05, 0) is 24.3 Å². The zero-order chi connectivity index (χ0) is 17.7. The highest BCUT2D eigenvalue weighted by Crippen LogP contribution is 2.30. The van der Waals surface area contributed by atoms with E-state index in [-0.39, 0.29) is 6.04 Å². The fourth-order valence-electron chi connectivity index (χ4n) is 4.05. The first kappa shape index (κ1) is 15.7. The quantitative estimate of drug-likeness (QED) is 0.725. The molecule has 1 aromatic heterocycles. The van der Waals surface area contributed by atoms with Crippen LogP contribution in [0.2, 0.25) is 0 Å². The maximum atomic E-state index is 12.5. The molecule has 0 aliphatic carbocycles. The second-order valence-electron chi connectivity index (χ2n) is 6.86. The van der Waals surface area contributed by atoms with Crippen LogP contribution in [0.3, 0.4) is 0 Å². The van der Waals surface area contributed by atoms with Gasteiger partial charge in [-0.25, -0.2) is 4.98 Å². The maximum absolute atomic E-state index is 12.5. The summed E-state index contributed by atoms with van der Waals surface area (Å²) in [4.78, 5) is 32.5. The highest BCUT2D eigenvalue weighted by Gasteiger charge is 2.41. The van der Waals surface area contributed by atoms with Gasteiger partial charge in [-0.1, -0.05) is 24.3 Å². The molecule has 2 aliphatic rings. The molecule has 130 valence electrons. The van der Waals surface area contributed by atoms with Crippen LogP contribution >= 0.6 is 11.3 Å². The van der Waals surface area contributed by atoms with Gasteiger partial charge in [-0.3, -0.25) is 14.5 Å². The molecule has 0 radical (unpaired) electrons. The maximum Gasteiger partial charge on any atom is 0.303 e. The summed E-state index contributed by atoms with van der Waals surface area (Å²) in [5.74, 6) is -0.801. The number of amides is 1. The lowest BCUT2D eigenvalue weighted by atomic mass is 10.1. The molecule has 3 aromatic rings. The fraction of sp³-hybridized carbons (Fsp3) is 0.250. The number of benzene rings is 2. The topological polar surface area (TPSA) is 54.7 Å². The van der Waals surface area contributed by atoms with E-state index in [1.807, 2.05) is 30.3 Å². The third kappa shape index (κ3) is 2.37. The smallest absolute Gasteiger partial charge is 0.303 e. The van der Waals surface area contributed by atoms with Crippen LogP contribution in [0.1, 0.15) is 34.2 Å². The lowest BCUT2D eigenvalue weighted by Crippen LogP contribution is -3.12. The molecule has 2 aromatic carbocycles. The first-order chi connectivity index (χ1) is 12.7. The predicted molar refractivity (Wildman–Crippen MR) is 101 cm³/mol. The van der Waals surface area contributed by atoms with Crippen molar-refractivity contribution in [2.75, 3.05) is 18.1 Å². The van der Waals surface area contributed by atoms with E-state index in [4.69, 9.17) is 4.98 Å². The Labute approximate surface area is 154 Å². The predicted octanol–water partition coefficient (Wildman–Crippen LogP) is 2.20. The molecule has 1 unspecified atom stereocenters. The fourth-order valence-corrected chi connectivity index (χ4v) is 5.21. The SMILES string of the molecule is O=C1C(=O)N(C[NH+]2CCC[C@H]2c2nc3ccccc3s2)c2ccccc21. The lowest BCUT2D eigenvalue weighted by Gasteiger charge is -2.25. The highest BCUT2D eigenvalue weighted by molar-refractivity contribution is 7.18. The van der Waals surface area contributed by atoms with Gasteiger partial charge in [0.2, 0.25) is 0 Å². The van der Waals surface area contributed by atoms with E-state index in [0.717, 1.165) is 35.6 Å². The summed E-state index contributed by atoms with van der Waals surface area (Å²) < 4.78 is 1.20. The number of anilines is 1. The number of thiazole rings is 1. The molecule has 26 heavy (non-hydrogen) atoms. The number of nitrogens with zero attached hydrogens (tertiary/aromatic N) is 2. The number of likely N-dealkylation sites (tertiary alicyclic amines) is 1. The normalized spacial score (nSPS) is 22.4. The number of carbonyl (C=O) groups is 2. The van der Waals surface area contributed by atoms with Crippen LogP contribution in [0.4, 0.5) is 5.69 Å². The van der Waals surface area contributed by atoms with E-state index in [1.54, 1.807) is 28.4 Å². The van der Waals surface area contributed by atoms with Crippen LogP contribution in [0.15, 0.2) is 48.5 Å². The average Bonchev–Trinajstić information content (AvgIpc) is 3.35. The number of carbonyl (C=O) groups excluding carboxylic acids is 2. The Morgan fingerprint density at radius 2 is 1.92 bits per heavy atom. The number of hydrogen-bond donors (Lipinski definition) is 1. The molecule has 2 atom stereocenters. The minimum absolute atomic E-state index is 0.281. The van der Waals surface area contributed by atoms with Gasteiger partial charge in [0.1, 0.15) is 6.04 Å². The van der Waals surface area contributed by atoms with E-state index < -0.39 is 11.7 Å². The zero-order valence-electron chi connectivity index (χ0n) is 14.1. The number of hydrogen-bond acceptors (Lipinski definition) is 4. The third-order valence-corrected chi connectivity index (χ3v) is 6.48. The van der Waals surface area contributed by atoms with Crippen LogP contribution in [0.25, 0.3) is 10.2 Å². The van der Waals surface area contributed by atoms with Gasteiger partial charge in [-0.2, -0.15) is 0 Å². The van der Waals surface area contributed by atoms with E-state index in [2.05, 4.69) is 6.07 Å². The third-order valence-electron chi connectivity index (χ3n) is 5.33. The van der Waals surface area contributed by atoms with Crippen molar-refractivity contribution in [3.05, 3.63) is 59.1 Å². The molecule has 5 rings (SSSR count). The van der Waals surface area contributed by atoms with Gasteiger partial charge in [0, 0.05) is 12.8 Å². The van der Waals surface area contributed by atoms with Crippen LogP contribution in [0.5, 0.6) is 0 Å². The second kappa shape index (κ2) is 6.00. The molecular formula is C20H18N3O2S+. The Morgan fingerprint density at radius 3 is 2.81 bits per heavy atom. The van der Waals surface area contributed by atoms with E-state index >= 15 is 0 Å². The molecular weight excluding hydrogens is 346 g/mol. The molecule has 1 fully saturated rings. The van der Waals surface area contributed by atoms with Gasteiger partial charge >= 0.3 is 5.91 Å². The van der Waals surface area contributed by atoms with Crippen molar-refractivity contribution in [3.63, 3.8) is 0 Å². The number of para-hydroxylation sites is 2. The Hall–Kier alpha value is -2.57. The second-order valence-corrected chi connectivity index (χ2v) is 7.92. The first-order valence-corrected chi connectivity index (χ1v) is 9.69. The lowest BCUT2D eigenvalue weighted by molar-refractivity contribution is -0.917. The van der Waals surface area contributed by atoms with Crippen molar-refractivity contribution in [3.8, 4) is 0 Å². The number of aromatic nitrogens is 1. The largest absolute Gasteiger partial charge is 0.309 e. The first-order valence-electron chi connectivity index (χ1n) is 8.87. The summed E-state index contributed by atoms with van der Waals surface area (Å²) in [6.45, 7) is 1.50. The van der Waals surface area contributed by atoms with Crippen molar-refractivity contribution in [1.82, 2.24) is 4.98 Å². The van der Waals surface area contributed by atoms with Crippen molar-refractivity contribution in [2.24, 2.45) is 0 Å². The van der Waals surface area contributed by atoms with Crippen LogP contribution in [-0.2, 0) is 4.79 Å². The van der Waals surface area contributed by atoms with Gasteiger partial charge < -0.3 is 4.90 Å². The van der Waals surface area contributed by atoms with E-state index in [1.165, 1.54) is 9.60 Å². The summed E-state index contributed by atoms with van der Waals surface area (Å²) >= 11 is 1.74. The Balaban J connectivity index is 1.45. The number of quaternary nitrogens is 1. The van der Waals surface area contributed by atoms with Crippen LogP contribution < -0.4 is 9.80 Å². The highest BCUT2D eigenvalue weighted by atomic mass is 32.1. The summed E-state index contributed by atoms with van der Waals surface area (Å²) in [6, 6.07) is 15.8. The number of nitrogens with one attached hydrogen (secondary N) is 1. The molecule has 3 heterocycles. The van der Waals surface area contributed by atoms with Gasteiger partial charge in [0.15, 0.2) is 11.7 Å². The van der Waals surface area contributed by atoms with Gasteiger partial charge in [0.05, 0.1) is 28.0 Å². The molecule has 5 nitrogen and oxygen atoms in total. The van der Waals surface area contributed by atoms with Crippen LogP contribution in [-0.4, -0.2) is 29.9 Å². The minimum Gasteiger partial charge on any atom is -0.309 e. The molecule has 1 saturated heterocycles. The van der Waals surface area contributed by atoms with E-state index in [9.17, 15) is 9.59 Å². The molecule has 1 amide bonds. The number of Topliss-reactive ketones (excluding diaryl/α,β-unsaturated/α-hetero) is 1. The number of rotatable bonds is 3. The summed E-state index contributed by atoms with van der Waals surface area (Å²) in [5, 5.41) is 1.13. The summed E-state index contributed by atoms with van der Waals surface area (Å²) in [5.41, 5.74) is 2.30. The number of fused-ring (bicyclic) bond motifs is 2. The van der Waals surface area contributed by atoms with E-state index in [0.29, 0.717) is 12.2 Å². The number of ketones is 1. The van der Waals surface area contributed by atoms with Crippen molar-refractivity contribution < 1.29 is 14.5 Å². The minimum atomic E-state index is -0.409.